The Kier molecular flexibility index (Phi) is 5.41. The normalized spacial score (nSPS) is 21.5. The predicted octanol–water partition coefficient (Wildman–Crippen LogP) is 2.44. The van der Waals surface area contributed by atoms with Crippen molar-refractivity contribution in [2.75, 3.05) is 6.54 Å². The summed E-state index contributed by atoms with van der Waals surface area (Å²) in [6.45, 7) is 7.94. The van der Waals surface area contributed by atoms with Gasteiger partial charge >= 0.3 is 0 Å². The molecule has 1 fully saturated rings. The van der Waals surface area contributed by atoms with Crippen LogP contribution in [0.5, 0.6) is 0 Å². The SMILES string of the molecule is CCCNCc1cc(S(=O)(=O)NC2CC2C)ccc1CC. The molecule has 118 valence electrons. The molecule has 0 heterocycles. The molecule has 0 radical (unpaired) electrons. The minimum atomic E-state index is -3.39. The van der Waals surface area contributed by atoms with Crippen molar-refractivity contribution in [2.45, 2.75) is 57.5 Å². The first-order chi connectivity index (χ1) is 9.97. The molecule has 2 unspecified atom stereocenters. The smallest absolute Gasteiger partial charge is 0.240 e. The second kappa shape index (κ2) is 6.90. The van der Waals surface area contributed by atoms with Gasteiger partial charge in [0.1, 0.15) is 0 Å². The number of benzene rings is 1. The van der Waals surface area contributed by atoms with Gasteiger partial charge in [0, 0.05) is 12.6 Å². The van der Waals surface area contributed by atoms with Gasteiger partial charge in [-0.05, 0) is 55.0 Å². The average molecular weight is 310 g/mol. The second-order valence-corrected chi connectivity index (χ2v) is 7.62. The molecule has 0 saturated heterocycles. The van der Waals surface area contributed by atoms with E-state index in [1.165, 1.54) is 5.56 Å². The molecule has 1 aliphatic carbocycles. The van der Waals surface area contributed by atoms with Crippen LogP contribution in [0.1, 0.15) is 44.7 Å². The van der Waals surface area contributed by atoms with E-state index >= 15 is 0 Å². The fraction of sp³-hybridized carbons (Fsp3) is 0.625. The molecular weight excluding hydrogens is 284 g/mol. The summed E-state index contributed by atoms with van der Waals surface area (Å²) in [6, 6.07) is 5.59. The van der Waals surface area contributed by atoms with Gasteiger partial charge in [-0.2, -0.15) is 0 Å². The maximum absolute atomic E-state index is 12.4. The van der Waals surface area contributed by atoms with Crippen molar-refractivity contribution in [1.82, 2.24) is 10.0 Å². The number of hydrogen-bond acceptors (Lipinski definition) is 3. The van der Waals surface area contributed by atoms with Crippen molar-refractivity contribution >= 4 is 10.0 Å². The van der Waals surface area contributed by atoms with E-state index in [-0.39, 0.29) is 6.04 Å². The average Bonchev–Trinajstić information content (AvgIpc) is 3.13. The van der Waals surface area contributed by atoms with Gasteiger partial charge in [0.25, 0.3) is 0 Å². The summed E-state index contributed by atoms with van der Waals surface area (Å²) >= 11 is 0. The van der Waals surface area contributed by atoms with Crippen LogP contribution in [0.3, 0.4) is 0 Å². The molecule has 4 nitrogen and oxygen atoms in total. The highest BCUT2D eigenvalue weighted by atomic mass is 32.2. The van der Waals surface area contributed by atoms with Crippen LogP contribution in [-0.4, -0.2) is 21.0 Å². The summed E-state index contributed by atoms with van der Waals surface area (Å²) < 4.78 is 27.5. The fourth-order valence-corrected chi connectivity index (χ4v) is 3.84. The Hall–Kier alpha value is -0.910. The second-order valence-electron chi connectivity index (χ2n) is 5.90. The van der Waals surface area contributed by atoms with E-state index in [2.05, 4.69) is 30.8 Å². The lowest BCUT2D eigenvalue weighted by Crippen LogP contribution is -2.27. The van der Waals surface area contributed by atoms with Crippen molar-refractivity contribution in [1.29, 1.82) is 0 Å². The van der Waals surface area contributed by atoms with Gasteiger partial charge < -0.3 is 5.32 Å². The van der Waals surface area contributed by atoms with Gasteiger partial charge in [-0.3, -0.25) is 0 Å². The van der Waals surface area contributed by atoms with Crippen LogP contribution in [0.25, 0.3) is 0 Å². The van der Waals surface area contributed by atoms with E-state index in [0.717, 1.165) is 37.9 Å². The third kappa shape index (κ3) is 4.28. The first-order valence-corrected chi connectivity index (χ1v) is 9.31. The Morgan fingerprint density at radius 3 is 2.52 bits per heavy atom. The summed E-state index contributed by atoms with van der Waals surface area (Å²) in [4.78, 5) is 0.382. The highest BCUT2D eigenvalue weighted by Gasteiger charge is 2.36. The van der Waals surface area contributed by atoms with Crippen LogP contribution in [0.4, 0.5) is 0 Å². The zero-order valence-corrected chi connectivity index (χ0v) is 14.0. The van der Waals surface area contributed by atoms with Crippen molar-refractivity contribution in [3.05, 3.63) is 29.3 Å². The molecule has 0 aliphatic heterocycles. The largest absolute Gasteiger partial charge is 0.313 e. The molecule has 2 rings (SSSR count). The first-order valence-electron chi connectivity index (χ1n) is 7.82. The molecule has 21 heavy (non-hydrogen) atoms. The quantitative estimate of drug-likeness (QED) is 0.725. The van der Waals surface area contributed by atoms with E-state index in [0.29, 0.717) is 10.8 Å². The van der Waals surface area contributed by atoms with Gasteiger partial charge in [0.2, 0.25) is 10.0 Å². The molecule has 2 atom stereocenters. The predicted molar refractivity (Wildman–Crippen MR) is 85.7 cm³/mol. The molecule has 2 N–H and O–H groups in total. The highest BCUT2D eigenvalue weighted by Crippen LogP contribution is 2.31. The fourth-order valence-electron chi connectivity index (χ4n) is 2.43. The molecule has 0 spiro atoms. The third-order valence-electron chi connectivity index (χ3n) is 4.03. The zero-order chi connectivity index (χ0) is 15.5. The third-order valence-corrected chi connectivity index (χ3v) is 5.51. The van der Waals surface area contributed by atoms with Crippen molar-refractivity contribution < 1.29 is 8.42 Å². The minimum Gasteiger partial charge on any atom is -0.313 e. The molecular formula is C16H26N2O2S. The molecule has 5 heteroatoms. The molecule has 0 amide bonds. The molecule has 1 aliphatic rings. The Labute approximate surface area is 128 Å². The van der Waals surface area contributed by atoms with Crippen LogP contribution >= 0.6 is 0 Å². The van der Waals surface area contributed by atoms with Crippen LogP contribution in [0, 0.1) is 5.92 Å². The number of hydrogen-bond donors (Lipinski definition) is 2. The first kappa shape index (κ1) is 16.5. The van der Waals surface area contributed by atoms with Crippen molar-refractivity contribution in [3.63, 3.8) is 0 Å². The maximum Gasteiger partial charge on any atom is 0.240 e. The summed E-state index contributed by atoms with van der Waals surface area (Å²) in [5, 5.41) is 3.35. The Morgan fingerprint density at radius 1 is 1.24 bits per heavy atom. The zero-order valence-electron chi connectivity index (χ0n) is 13.1. The van der Waals surface area contributed by atoms with E-state index in [1.54, 1.807) is 6.07 Å². The number of nitrogens with one attached hydrogen (secondary N) is 2. The lowest BCUT2D eigenvalue weighted by molar-refractivity contribution is 0.578. The van der Waals surface area contributed by atoms with Gasteiger partial charge in [0.05, 0.1) is 4.90 Å². The molecule has 1 aromatic rings. The van der Waals surface area contributed by atoms with Crippen LogP contribution in [0.2, 0.25) is 0 Å². The van der Waals surface area contributed by atoms with E-state index < -0.39 is 10.0 Å². The maximum atomic E-state index is 12.4. The van der Waals surface area contributed by atoms with E-state index in [9.17, 15) is 8.42 Å². The van der Waals surface area contributed by atoms with Gasteiger partial charge in [-0.15, -0.1) is 0 Å². The number of rotatable bonds is 8. The molecule has 1 saturated carbocycles. The van der Waals surface area contributed by atoms with Gasteiger partial charge in [0.15, 0.2) is 0 Å². The minimum absolute atomic E-state index is 0.113. The lowest BCUT2D eigenvalue weighted by atomic mass is 10.1. The van der Waals surface area contributed by atoms with Crippen LogP contribution in [0.15, 0.2) is 23.1 Å². The van der Waals surface area contributed by atoms with Crippen LogP contribution < -0.4 is 10.0 Å². The Balaban J connectivity index is 2.17. The van der Waals surface area contributed by atoms with Gasteiger partial charge in [-0.1, -0.05) is 26.8 Å². The van der Waals surface area contributed by atoms with Crippen molar-refractivity contribution in [2.24, 2.45) is 5.92 Å². The topological polar surface area (TPSA) is 58.2 Å². The Bertz CT molecular complexity index is 584. The van der Waals surface area contributed by atoms with E-state index in [4.69, 9.17) is 0 Å². The Morgan fingerprint density at radius 2 is 1.95 bits per heavy atom. The molecule has 1 aromatic carbocycles. The molecule has 0 aromatic heterocycles. The number of aryl methyl sites for hydroxylation is 1. The molecule has 0 bridgehead atoms. The van der Waals surface area contributed by atoms with Crippen LogP contribution in [-0.2, 0) is 23.0 Å². The van der Waals surface area contributed by atoms with Crippen molar-refractivity contribution in [3.8, 4) is 0 Å². The summed E-state index contributed by atoms with van der Waals surface area (Å²) in [6.07, 6.45) is 2.92. The number of sulfonamides is 1. The monoisotopic (exact) mass is 310 g/mol. The standard InChI is InChI=1S/C16H26N2O2S/c1-4-8-17-11-14-10-15(7-6-13(14)5-2)21(19,20)18-16-9-12(16)3/h6-7,10,12,16-18H,4-5,8-9,11H2,1-3H3. The highest BCUT2D eigenvalue weighted by molar-refractivity contribution is 7.89. The van der Waals surface area contributed by atoms with E-state index in [1.807, 2.05) is 12.1 Å². The summed E-state index contributed by atoms with van der Waals surface area (Å²) in [5.41, 5.74) is 2.29. The van der Waals surface area contributed by atoms with Gasteiger partial charge in [-0.25, -0.2) is 13.1 Å². The lowest BCUT2D eigenvalue weighted by Gasteiger charge is -2.12. The summed E-state index contributed by atoms with van der Waals surface area (Å²) in [5.74, 6) is 0.459. The summed E-state index contributed by atoms with van der Waals surface area (Å²) in [7, 11) is -3.39.